The number of hydrazine groups is 1. The SMILES string of the molecule is COCCC1(CNc2nc(NN)nc3ccccc23)CC1. The zero-order valence-electron chi connectivity index (χ0n) is 12.2. The minimum absolute atomic E-state index is 0.359. The first kappa shape index (κ1) is 14.0. The minimum atomic E-state index is 0.359. The summed E-state index contributed by atoms with van der Waals surface area (Å²) in [5.41, 5.74) is 3.76. The van der Waals surface area contributed by atoms with Crippen molar-refractivity contribution in [2.45, 2.75) is 19.3 Å². The predicted molar refractivity (Wildman–Crippen MR) is 84.0 cm³/mol. The second-order valence-electron chi connectivity index (χ2n) is 5.65. The maximum atomic E-state index is 5.45. The molecule has 1 aromatic carbocycles. The summed E-state index contributed by atoms with van der Waals surface area (Å²) in [6.07, 6.45) is 3.57. The molecular weight excluding hydrogens is 266 g/mol. The van der Waals surface area contributed by atoms with Gasteiger partial charge in [0.2, 0.25) is 5.95 Å². The lowest BCUT2D eigenvalue weighted by atomic mass is 10.0. The summed E-state index contributed by atoms with van der Waals surface area (Å²) in [6, 6.07) is 7.93. The first-order valence-corrected chi connectivity index (χ1v) is 7.23. The Hall–Kier alpha value is -1.92. The third-order valence-corrected chi connectivity index (χ3v) is 4.16. The van der Waals surface area contributed by atoms with Gasteiger partial charge < -0.3 is 10.1 Å². The topological polar surface area (TPSA) is 85.1 Å². The van der Waals surface area contributed by atoms with Gasteiger partial charge >= 0.3 is 0 Å². The van der Waals surface area contributed by atoms with E-state index in [-0.39, 0.29) is 0 Å². The fourth-order valence-electron chi connectivity index (χ4n) is 2.56. The molecule has 3 rings (SSSR count). The van der Waals surface area contributed by atoms with E-state index in [0.717, 1.165) is 36.3 Å². The van der Waals surface area contributed by atoms with E-state index in [0.29, 0.717) is 11.4 Å². The van der Waals surface area contributed by atoms with Gasteiger partial charge in [-0.1, -0.05) is 12.1 Å². The van der Waals surface area contributed by atoms with Gasteiger partial charge in [-0.2, -0.15) is 4.98 Å². The first-order valence-electron chi connectivity index (χ1n) is 7.23. The number of fused-ring (bicyclic) bond motifs is 1. The maximum Gasteiger partial charge on any atom is 0.239 e. The zero-order valence-corrected chi connectivity index (χ0v) is 12.2. The van der Waals surface area contributed by atoms with E-state index in [4.69, 9.17) is 10.6 Å². The summed E-state index contributed by atoms with van der Waals surface area (Å²) in [5.74, 6) is 6.71. The van der Waals surface area contributed by atoms with Crippen LogP contribution in [0.25, 0.3) is 10.9 Å². The number of anilines is 2. The minimum Gasteiger partial charge on any atom is -0.385 e. The Labute approximate surface area is 124 Å². The van der Waals surface area contributed by atoms with Crippen molar-refractivity contribution in [3.05, 3.63) is 24.3 Å². The molecule has 6 heteroatoms. The van der Waals surface area contributed by atoms with E-state index in [1.165, 1.54) is 12.8 Å². The van der Waals surface area contributed by atoms with Crippen LogP contribution in [0.15, 0.2) is 24.3 Å². The molecule has 1 heterocycles. The third-order valence-electron chi connectivity index (χ3n) is 4.16. The van der Waals surface area contributed by atoms with Gasteiger partial charge in [0.05, 0.1) is 5.52 Å². The second-order valence-corrected chi connectivity index (χ2v) is 5.65. The van der Waals surface area contributed by atoms with Crippen molar-refractivity contribution in [3.63, 3.8) is 0 Å². The fraction of sp³-hybridized carbons (Fsp3) is 0.467. The van der Waals surface area contributed by atoms with Gasteiger partial charge in [-0.25, -0.2) is 10.8 Å². The molecule has 0 aliphatic heterocycles. The average molecular weight is 287 g/mol. The molecule has 21 heavy (non-hydrogen) atoms. The lowest BCUT2D eigenvalue weighted by molar-refractivity contribution is 0.175. The van der Waals surface area contributed by atoms with Crippen LogP contribution in [0, 0.1) is 5.41 Å². The molecule has 0 radical (unpaired) electrons. The third kappa shape index (κ3) is 3.06. The molecule has 0 saturated heterocycles. The molecule has 6 nitrogen and oxygen atoms in total. The molecular formula is C15H21N5O. The number of aromatic nitrogens is 2. The van der Waals surface area contributed by atoms with Gasteiger partial charge in [-0.15, -0.1) is 0 Å². The van der Waals surface area contributed by atoms with Crippen LogP contribution in [-0.4, -0.2) is 30.2 Å². The number of benzene rings is 1. The van der Waals surface area contributed by atoms with Crippen molar-refractivity contribution >= 4 is 22.7 Å². The Balaban J connectivity index is 1.80. The molecule has 4 N–H and O–H groups in total. The summed E-state index contributed by atoms with van der Waals surface area (Å²) in [5, 5.41) is 4.48. The van der Waals surface area contributed by atoms with Crippen molar-refractivity contribution in [3.8, 4) is 0 Å². The number of hydrogen-bond donors (Lipinski definition) is 3. The number of nitrogens with two attached hydrogens (primary N) is 1. The van der Waals surface area contributed by atoms with Crippen molar-refractivity contribution in [2.24, 2.45) is 11.3 Å². The molecule has 0 atom stereocenters. The number of ether oxygens (including phenoxy) is 1. The van der Waals surface area contributed by atoms with Gasteiger partial charge in [0.1, 0.15) is 5.82 Å². The highest BCUT2D eigenvalue weighted by molar-refractivity contribution is 5.90. The summed E-state index contributed by atoms with van der Waals surface area (Å²) >= 11 is 0. The summed E-state index contributed by atoms with van der Waals surface area (Å²) < 4.78 is 5.20. The van der Waals surface area contributed by atoms with Crippen LogP contribution >= 0.6 is 0 Å². The van der Waals surface area contributed by atoms with Crippen LogP contribution in [0.3, 0.4) is 0 Å². The summed E-state index contributed by atoms with van der Waals surface area (Å²) in [4.78, 5) is 8.80. The number of hydrogen-bond acceptors (Lipinski definition) is 6. The highest BCUT2D eigenvalue weighted by Gasteiger charge is 2.41. The monoisotopic (exact) mass is 287 g/mol. The van der Waals surface area contributed by atoms with Crippen LogP contribution in [0.4, 0.5) is 11.8 Å². The van der Waals surface area contributed by atoms with Crippen molar-refractivity contribution < 1.29 is 4.74 Å². The van der Waals surface area contributed by atoms with Crippen LogP contribution in [0.5, 0.6) is 0 Å². The van der Waals surface area contributed by atoms with E-state index in [2.05, 4.69) is 20.7 Å². The lowest BCUT2D eigenvalue weighted by Gasteiger charge is -2.17. The largest absolute Gasteiger partial charge is 0.385 e. The number of rotatable bonds is 7. The molecule has 1 fully saturated rings. The summed E-state index contributed by atoms with van der Waals surface area (Å²) in [6.45, 7) is 1.71. The van der Waals surface area contributed by atoms with E-state index in [9.17, 15) is 0 Å². The van der Waals surface area contributed by atoms with Gasteiger partial charge in [-0.3, -0.25) is 5.43 Å². The molecule has 1 saturated carbocycles. The molecule has 1 aliphatic carbocycles. The van der Waals surface area contributed by atoms with Gasteiger partial charge in [0, 0.05) is 25.6 Å². The lowest BCUT2D eigenvalue weighted by Crippen LogP contribution is -2.19. The predicted octanol–water partition coefficient (Wildman–Crippen LogP) is 2.14. The van der Waals surface area contributed by atoms with Gasteiger partial charge in [0.15, 0.2) is 0 Å². The number of nitrogens with one attached hydrogen (secondary N) is 2. The number of para-hydroxylation sites is 1. The Bertz CT molecular complexity index is 626. The van der Waals surface area contributed by atoms with E-state index in [1.54, 1.807) is 7.11 Å². The summed E-state index contributed by atoms with van der Waals surface area (Å²) in [7, 11) is 1.75. The van der Waals surface area contributed by atoms with E-state index >= 15 is 0 Å². The Morgan fingerprint density at radius 2 is 2.10 bits per heavy atom. The smallest absolute Gasteiger partial charge is 0.239 e. The van der Waals surface area contributed by atoms with Crippen LogP contribution in [0.1, 0.15) is 19.3 Å². The van der Waals surface area contributed by atoms with Crippen molar-refractivity contribution in [1.29, 1.82) is 0 Å². The molecule has 0 unspecified atom stereocenters. The molecule has 2 aromatic rings. The molecule has 0 spiro atoms. The standard InChI is InChI=1S/C15H21N5O/c1-21-9-8-15(6-7-15)10-17-13-11-4-2-3-5-12(11)18-14(19-13)20-16/h2-5H,6-10,16H2,1H3,(H2,17,18,19,20). The fourth-order valence-corrected chi connectivity index (χ4v) is 2.56. The van der Waals surface area contributed by atoms with Crippen LogP contribution < -0.4 is 16.6 Å². The number of methoxy groups -OCH3 is 1. The maximum absolute atomic E-state index is 5.45. The Morgan fingerprint density at radius 1 is 1.29 bits per heavy atom. The van der Waals surface area contributed by atoms with E-state index < -0.39 is 0 Å². The zero-order chi connectivity index (χ0) is 14.7. The average Bonchev–Trinajstić information content (AvgIpc) is 3.30. The van der Waals surface area contributed by atoms with E-state index in [1.807, 2.05) is 24.3 Å². The Kier molecular flexibility index (Phi) is 3.90. The highest BCUT2D eigenvalue weighted by Crippen LogP contribution is 2.48. The highest BCUT2D eigenvalue weighted by atomic mass is 16.5. The second kappa shape index (κ2) is 5.83. The van der Waals surface area contributed by atoms with Crippen LogP contribution in [-0.2, 0) is 4.74 Å². The Morgan fingerprint density at radius 3 is 2.81 bits per heavy atom. The molecule has 112 valence electrons. The van der Waals surface area contributed by atoms with Gasteiger partial charge in [0.25, 0.3) is 0 Å². The molecule has 1 aromatic heterocycles. The number of nitrogen functional groups attached to an aromatic ring is 1. The molecule has 1 aliphatic rings. The van der Waals surface area contributed by atoms with Gasteiger partial charge in [-0.05, 0) is 36.8 Å². The first-order chi connectivity index (χ1) is 10.3. The molecule has 0 amide bonds. The quantitative estimate of drug-likeness (QED) is 0.534. The van der Waals surface area contributed by atoms with Crippen molar-refractivity contribution in [2.75, 3.05) is 31.0 Å². The van der Waals surface area contributed by atoms with Crippen LogP contribution in [0.2, 0.25) is 0 Å². The molecule has 0 bridgehead atoms. The van der Waals surface area contributed by atoms with Crippen molar-refractivity contribution in [1.82, 2.24) is 9.97 Å². The number of nitrogens with zero attached hydrogens (tertiary/aromatic N) is 2. The normalized spacial score (nSPS) is 15.9.